The van der Waals surface area contributed by atoms with Gasteiger partial charge in [0.1, 0.15) is 3.92 Å². The van der Waals surface area contributed by atoms with Gasteiger partial charge in [0.05, 0.1) is 0 Å². The lowest BCUT2D eigenvalue weighted by Crippen LogP contribution is -2.36. The van der Waals surface area contributed by atoms with Crippen LogP contribution in [0.5, 0.6) is 0 Å². The minimum Gasteiger partial charge on any atom is -0.370 e. The lowest BCUT2D eigenvalue weighted by Gasteiger charge is -2.27. The Labute approximate surface area is 112 Å². The quantitative estimate of drug-likeness (QED) is 0.460. The Hall–Kier alpha value is -0.520. The van der Waals surface area contributed by atoms with Gasteiger partial charge in [-0.2, -0.15) is 0 Å². The van der Waals surface area contributed by atoms with Crippen molar-refractivity contribution >= 4 is 28.5 Å². The first kappa shape index (κ1) is 15.5. The molecule has 0 fully saturated rings. The summed E-state index contributed by atoms with van der Waals surface area (Å²) >= 11 is 2.09. The Morgan fingerprint density at radius 2 is 2.06 bits per heavy atom. The van der Waals surface area contributed by atoms with Gasteiger partial charge in [-0.25, -0.2) is 0 Å². The maximum Gasteiger partial charge on any atom is 0.232 e. The number of hydrogen-bond donors (Lipinski definition) is 1. The normalized spacial score (nSPS) is 12.6. The molecule has 0 saturated carbocycles. The number of likely N-dealkylation sites (N-methyl/N-ethyl adjacent to an activating group) is 1. The number of carbonyl (C=O) groups is 1. The molecule has 2 N–H and O–H groups in total. The zero-order chi connectivity index (χ0) is 12.7. The number of allylic oxidation sites excluding steroid dienone is 3. The van der Waals surface area contributed by atoms with Crippen molar-refractivity contribution in [1.82, 2.24) is 4.90 Å². The molecule has 0 rings (SSSR count). The van der Waals surface area contributed by atoms with Crippen LogP contribution in [-0.4, -0.2) is 27.8 Å². The summed E-state index contributed by atoms with van der Waals surface area (Å²) in [4.78, 5) is 13.2. The van der Waals surface area contributed by atoms with Crippen LogP contribution in [0.25, 0.3) is 0 Å². The second-order valence-electron chi connectivity index (χ2n) is 3.79. The van der Waals surface area contributed by atoms with Gasteiger partial charge in [-0.15, -0.1) is 0 Å². The topological polar surface area (TPSA) is 46.3 Å². The fourth-order valence-electron chi connectivity index (χ4n) is 1.43. The van der Waals surface area contributed by atoms with Crippen molar-refractivity contribution in [3.63, 3.8) is 0 Å². The summed E-state index contributed by atoms with van der Waals surface area (Å²) < 4.78 is -0.155. The summed E-state index contributed by atoms with van der Waals surface area (Å²) in [6.45, 7) is 9.76. The van der Waals surface area contributed by atoms with Crippen LogP contribution in [0, 0.1) is 0 Å². The molecule has 0 saturated heterocycles. The Kier molecular flexibility index (Phi) is 7.45. The Morgan fingerprint density at radius 3 is 2.38 bits per heavy atom. The maximum absolute atomic E-state index is 11.1. The monoisotopic (exact) mass is 336 g/mol. The third kappa shape index (κ3) is 5.01. The van der Waals surface area contributed by atoms with Crippen LogP contribution < -0.4 is 5.73 Å². The fourth-order valence-corrected chi connectivity index (χ4v) is 1.90. The predicted octanol–water partition coefficient (Wildman–Crippen LogP) is 2.47. The average molecular weight is 336 g/mol. The minimum atomic E-state index is -0.257. The highest BCUT2D eigenvalue weighted by Gasteiger charge is 2.16. The number of hydrogen-bond acceptors (Lipinski definition) is 2. The molecule has 3 nitrogen and oxygen atoms in total. The average Bonchev–Trinajstić information content (AvgIpc) is 2.22. The summed E-state index contributed by atoms with van der Waals surface area (Å²) in [6, 6.07) is 0. The second-order valence-corrected chi connectivity index (χ2v) is 5.30. The smallest absolute Gasteiger partial charge is 0.232 e. The van der Waals surface area contributed by atoms with Crippen LogP contribution in [0.3, 0.4) is 0 Å². The van der Waals surface area contributed by atoms with Gasteiger partial charge in [0, 0.05) is 18.8 Å². The highest BCUT2D eigenvalue weighted by Crippen LogP contribution is 2.14. The number of primary amides is 1. The van der Waals surface area contributed by atoms with Crippen LogP contribution >= 0.6 is 22.6 Å². The zero-order valence-electron chi connectivity index (χ0n) is 10.5. The van der Waals surface area contributed by atoms with E-state index in [9.17, 15) is 4.79 Å². The molecular formula is C12H21IN2O. The van der Waals surface area contributed by atoms with E-state index < -0.39 is 0 Å². The van der Waals surface area contributed by atoms with Crippen LogP contribution in [0.1, 0.15) is 27.7 Å². The van der Waals surface area contributed by atoms with Crippen molar-refractivity contribution in [2.75, 3.05) is 13.1 Å². The molecule has 0 aromatic rings. The highest BCUT2D eigenvalue weighted by molar-refractivity contribution is 14.1. The second kappa shape index (κ2) is 7.70. The molecule has 0 heterocycles. The molecule has 0 bridgehead atoms. The van der Waals surface area contributed by atoms with Crippen molar-refractivity contribution in [3.05, 3.63) is 23.4 Å². The van der Waals surface area contributed by atoms with Crippen LogP contribution in [0.4, 0.5) is 0 Å². The summed E-state index contributed by atoms with van der Waals surface area (Å²) in [6.07, 6.45) is 4.08. The van der Waals surface area contributed by atoms with Crippen LogP contribution in [0.2, 0.25) is 0 Å². The fraction of sp³-hybridized carbons (Fsp3) is 0.583. The molecule has 92 valence electrons. The van der Waals surface area contributed by atoms with Gasteiger partial charge in [-0.3, -0.25) is 4.79 Å². The van der Waals surface area contributed by atoms with E-state index in [1.807, 2.05) is 13.0 Å². The number of halogens is 1. The molecule has 4 heteroatoms. The molecule has 0 aliphatic rings. The van der Waals surface area contributed by atoms with Crippen molar-refractivity contribution in [2.45, 2.75) is 31.6 Å². The van der Waals surface area contributed by atoms with Crippen molar-refractivity contribution in [1.29, 1.82) is 0 Å². The number of rotatable bonds is 6. The highest BCUT2D eigenvalue weighted by atomic mass is 127. The summed E-state index contributed by atoms with van der Waals surface area (Å²) in [7, 11) is 0. The summed E-state index contributed by atoms with van der Waals surface area (Å²) in [5.74, 6) is -0.257. The third-order valence-electron chi connectivity index (χ3n) is 2.25. The number of alkyl halides is 1. The third-order valence-corrected chi connectivity index (χ3v) is 3.26. The standard InChI is InChI=1S/C12H21IN2O/c1-5-7-11(9(3)4)15(6-2)8-10(13)12(14)16/h5,7,10H,6,8H2,1-4H3,(H2,14,16)/b7-5-/t10-/m0/s1. The van der Waals surface area contributed by atoms with Gasteiger partial charge in [-0.1, -0.05) is 34.2 Å². The molecule has 0 spiro atoms. The van der Waals surface area contributed by atoms with Crippen molar-refractivity contribution in [2.24, 2.45) is 5.73 Å². The number of nitrogens with zero attached hydrogens (tertiary/aromatic N) is 1. The van der Waals surface area contributed by atoms with E-state index in [1.54, 1.807) is 0 Å². The number of amides is 1. The SMILES string of the molecule is C/C=C\C(=C(C)C)N(CC)C[C@H](I)C(N)=O. The first-order valence-electron chi connectivity index (χ1n) is 5.42. The van der Waals surface area contributed by atoms with E-state index in [2.05, 4.69) is 54.3 Å². The van der Waals surface area contributed by atoms with Crippen molar-refractivity contribution in [3.8, 4) is 0 Å². The van der Waals surface area contributed by atoms with E-state index in [1.165, 1.54) is 11.3 Å². The first-order valence-corrected chi connectivity index (χ1v) is 6.67. The Bertz CT molecular complexity index is 293. The Morgan fingerprint density at radius 1 is 1.50 bits per heavy atom. The summed E-state index contributed by atoms with van der Waals surface area (Å²) in [5.41, 5.74) is 7.70. The van der Waals surface area contributed by atoms with Gasteiger partial charge in [0.15, 0.2) is 0 Å². The van der Waals surface area contributed by atoms with Crippen LogP contribution in [-0.2, 0) is 4.79 Å². The molecule has 0 aromatic carbocycles. The molecule has 16 heavy (non-hydrogen) atoms. The van der Waals surface area contributed by atoms with Crippen molar-refractivity contribution < 1.29 is 4.79 Å². The summed E-state index contributed by atoms with van der Waals surface area (Å²) in [5, 5.41) is 0. The maximum atomic E-state index is 11.1. The lowest BCUT2D eigenvalue weighted by molar-refractivity contribution is -0.117. The molecule has 0 aromatic heterocycles. The molecule has 0 radical (unpaired) electrons. The van der Waals surface area contributed by atoms with E-state index in [4.69, 9.17) is 5.73 Å². The van der Waals surface area contributed by atoms with Gasteiger partial charge in [0.2, 0.25) is 5.91 Å². The van der Waals surface area contributed by atoms with E-state index in [0.717, 1.165) is 6.54 Å². The van der Waals surface area contributed by atoms with E-state index in [-0.39, 0.29) is 9.83 Å². The number of carbonyl (C=O) groups excluding carboxylic acids is 1. The molecule has 0 unspecified atom stereocenters. The number of nitrogens with two attached hydrogens (primary N) is 1. The molecule has 0 aliphatic heterocycles. The van der Waals surface area contributed by atoms with E-state index >= 15 is 0 Å². The first-order chi connectivity index (χ1) is 7.43. The molecule has 0 aliphatic carbocycles. The Balaban J connectivity index is 4.83. The van der Waals surface area contributed by atoms with E-state index in [0.29, 0.717) is 6.54 Å². The zero-order valence-corrected chi connectivity index (χ0v) is 12.6. The van der Waals surface area contributed by atoms with Gasteiger partial charge >= 0.3 is 0 Å². The molecule has 1 atom stereocenters. The molecular weight excluding hydrogens is 315 g/mol. The van der Waals surface area contributed by atoms with Gasteiger partial charge < -0.3 is 10.6 Å². The van der Waals surface area contributed by atoms with Gasteiger partial charge in [0.25, 0.3) is 0 Å². The minimum absolute atomic E-state index is 0.155. The van der Waals surface area contributed by atoms with Crippen LogP contribution in [0.15, 0.2) is 23.4 Å². The lowest BCUT2D eigenvalue weighted by atomic mass is 10.2. The van der Waals surface area contributed by atoms with Gasteiger partial charge in [-0.05, 0) is 33.8 Å². The molecule has 1 amide bonds. The largest absolute Gasteiger partial charge is 0.370 e. The predicted molar refractivity (Wildman–Crippen MR) is 77.4 cm³/mol.